The molecule has 2 N–H and O–H groups in total. The third-order valence-electron chi connectivity index (χ3n) is 5.73. The lowest BCUT2D eigenvalue weighted by atomic mass is 10.1. The first-order chi connectivity index (χ1) is 16.9. The topological polar surface area (TPSA) is 127 Å². The third kappa shape index (κ3) is 5.07. The summed E-state index contributed by atoms with van der Waals surface area (Å²) in [5.41, 5.74) is 2.18. The summed E-state index contributed by atoms with van der Waals surface area (Å²) in [6, 6.07) is 4.21. The summed E-state index contributed by atoms with van der Waals surface area (Å²) in [7, 11) is 0. The SMILES string of the molecule is O=C(O)Cc1ccc(Nc2nc(N3CC=C(c4ncc(Cl)cn4)CC3)nc3c2[S+]([O-])CC3)cc1F. The van der Waals surface area contributed by atoms with Crippen LogP contribution in [0.3, 0.4) is 0 Å². The molecule has 0 saturated heterocycles. The molecular weight excluding hydrogens is 495 g/mol. The van der Waals surface area contributed by atoms with Gasteiger partial charge >= 0.3 is 5.97 Å². The van der Waals surface area contributed by atoms with Crippen molar-refractivity contribution in [3.05, 3.63) is 64.6 Å². The van der Waals surface area contributed by atoms with E-state index in [1.807, 2.05) is 11.0 Å². The molecule has 1 aromatic carbocycles. The molecule has 1 unspecified atom stereocenters. The quantitative estimate of drug-likeness (QED) is 0.476. The van der Waals surface area contributed by atoms with E-state index in [4.69, 9.17) is 16.7 Å². The molecule has 0 radical (unpaired) electrons. The Bertz CT molecular complexity index is 1320. The van der Waals surface area contributed by atoms with E-state index in [9.17, 15) is 13.7 Å². The summed E-state index contributed by atoms with van der Waals surface area (Å²) in [6.45, 7) is 1.18. The van der Waals surface area contributed by atoms with Crippen molar-refractivity contribution < 1.29 is 18.8 Å². The molecule has 12 heteroatoms. The number of benzene rings is 1. The fourth-order valence-corrected chi connectivity index (χ4v) is 5.41. The molecule has 2 aliphatic rings. The highest BCUT2D eigenvalue weighted by atomic mass is 35.5. The molecule has 2 aliphatic heterocycles. The van der Waals surface area contributed by atoms with E-state index < -0.39 is 29.4 Å². The summed E-state index contributed by atoms with van der Waals surface area (Å²) >= 11 is 4.62. The van der Waals surface area contributed by atoms with Gasteiger partial charge in [-0.25, -0.2) is 19.3 Å². The number of carboxylic acid groups (broad SMARTS) is 1. The van der Waals surface area contributed by atoms with Crippen LogP contribution in [-0.4, -0.2) is 54.4 Å². The molecule has 35 heavy (non-hydrogen) atoms. The normalized spacial score (nSPS) is 17.2. The lowest BCUT2D eigenvalue weighted by Gasteiger charge is -2.26. The number of halogens is 2. The summed E-state index contributed by atoms with van der Waals surface area (Å²) in [4.78, 5) is 31.3. The number of hydrogen-bond acceptors (Lipinski definition) is 8. The van der Waals surface area contributed by atoms with Gasteiger partial charge in [0.1, 0.15) is 17.3 Å². The highest BCUT2D eigenvalue weighted by Gasteiger charge is 2.33. The Morgan fingerprint density at radius 3 is 2.74 bits per heavy atom. The van der Waals surface area contributed by atoms with Crippen LogP contribution in [0.5, 0.6) is 0 Å². The van der Waals surface area contributed by atoms with E-state index in [1.165, 1.54) is 12.1 Å². The van der Waals surface area contributed by atoms with Crippen molar-refractivity contribution in [3.8, 4) is 0 Å². The number of carbonyl (C=O) groups is 1. The van der Waals surface area contributed by atoms with Gasteiger partial charge in [0.05, 0.1) is 11.4 Å². The monoisotopic (exact) mass is 514 g/mol. The number of aromatic nitrogens is 4. The molecular formula is C23H20ClFN6O3S. The number of fused-ring (bicyclic) bond motifs is 1. The van der Waals surface area contributed by atoms with Gasteiger partial charge in [-0.3, -0.25) is 4.79 Å². The Kier molecular flexibility index (Phi) is 6.54. The van der Waals surface area contributed by atoms with E-state index in [-0.39, 0.29) is 5.56 Å². The molecule has 5 rings (SSSR count). The van der Waals surface area contributed by atoms with Gasteiger partial charge in [0.2, 0.25) is 10.8 Å². The number of anilines is 3. The Morgan fingerprint density at radius 1 is 1.26 bits per heavy atom. The van der Waals surface area contributed by atoms with Crippen molar-refractivity contribution in [2.75, 3.05) is 29.1 Å². The van der Waals surface area contributed by atoms with Gasteiger partial charge in [-0.15, -0.1) is 0 Å². The molecule has 0 amide bonds. The summed E-state index contributed by atoms with van der Waals surface area (Å²) in [6.07, 6.45) is 5.99. The van der Waals surface area contributed by atoms with Crippen molar-refractivity contribution in [2.45, 2.75) is 24.2 Å². The minimum Gasteiger partial charge on any atom is -0.611 e. The van der Waals surface area contributed by atoms with Gasteiger partial charge in [-0.05, 0) is 40.9 Å². The second kappa shape index (κ2) is 9.76. The number of nitrogens with zero attached hydrogens (tertiary/aromatic N) is 5. The zero-order valence-electron chi connectivity index (χ0n) is 18.4. The van der Waals surface area contributed by atoms with Crippen LogP contribution >= 0.6 is 11.6 Å². The number of aryl methyl sites for hydroxylation is 1. The Labute approximate surface area is 208 Å². The first kappa shape index (κ1) is 23.5. The number of nitrogens with one attached hydrogen (secondary N) is 1. The van der Waals surface area contributed by atoms with Gasteiger partial charge in [0.15, 0.2) is 11.6 Å². The molecule has 0 aliphatic carbocycles. The van der Waals surface area contributed by atoms with Crippen LogP contribution in [0, 0.1) is 5.82 Å². The van der Waals surface area contributed by atoms with Crippen LogP contribution in [0.4, 0.5) is 21.8 Å². The average molecular weight is 515 g/mol. The minimum absolute atomic E-state index is 0.0841. The van der Waals surface area contributed by atoms with E-state index in [0.717, 1.165) is 5.57 Å². The average Bonchev–Trinajstić information content (AvgIpc) is 3.22. The van der Waals surface area contributed by atoms with Crippen LogP contribution in [0.2, 0.25) is 5.02 Å². The first-order valence-corrected chi connectivity index (χ1v) is 12.6. The number of rotatable bonds is 6. The number of aliphatic carboxylic acids is 1. The number of carboxylic acids is 1. The maximum atomic E-state index is 14.4. The maximum absolute atomic E-state index is 14.4. The van der Waals surface area contributed by atoms with Gasteiger partial charge in [0.25, 0.3) is 0 Å². The zero-order valence-corrected chi connectivity index (χ0v) is 19.9. The fourth-order valence-electron chi connectivity index (χ4n) is 4.01. The van der Waals surface area contributed by atoms with E-state index in [2.05, 4.69) is 25.3 Å². The van der Waals surface area contributed by atoms with Crippen molar-refractivity contribution >= 4 is 51.8 Å². The molecule has 0 saturated carbocycles. The predicted molar refractivity (Wildman–Crippen MR) is 130 cm³/mol. The van der Waals surface area contributed by atoms with Crippen molar-refractivity contribution in [2.24, 2.45) is 0 Å². The molecule has 0 bridgehead atoms. The van der Waals surface area contributed by atoms with Gasteiger partial charge in [0, 0.05) is 37.6 Å². The lowest BCUT2D eigenvalue weighted by molar-refractivity contribution is -0.136. The molecule has 0 fully saturated rings. The Hall–Kier alpha value is -3.28. The smallest absolute Gasteiger partial charge is 0.307 e. The second-order valence-corrected chi connectivity index (χ2v) is 10.0. The van der Waals surface area contributed by atoms with Gasteiger partial charge < -0.3 is 19.9 Å². The summed E-state index contributed by atoms with van der Waals surface area (Å²) in [5, 5.41) is 12.5. The van der Waals surface area contributed by atoms with Crippen molar-refractivity contribution in [1.29, 1.82) is 0 Å². The van der Waals surface area contributed by atoms with E-state index >= 15 is 0 Å². The molecule has 180 valence electrons. The number of hydrogen-bond donors (Lipinski definition) is 2. The molecule has 2 aromatic heterocycles. The van der Waals surface area contributed by atoms with E-state index in [1.54, 1.807) is 18.5 Å². The van der Waals surface area contributed by atoms with Crippen LogP contribution in [-0.2, 0) is 28.8 Å². The largest absolute Gasteiger partial charge is 0.611 e. The second-order valence-electron chi connectivity index (χ2n) is 8.10. The van der Waals surface area contributed by atoms with Crippen molar-refractivity contribution in [3.63, 3.8) is 0 Å². The molecule has 3 aromatic rings. The highest BCUT2D eigenvalue weighted by molar-refractivity contribution is 7.91. The predicted octanol–water partition coefficient (Wildman–Crippen LogP) is 3.39. The van der Waals surface area contributed by atoms with Crippen LogP contribution in [0.1, 0.15) is 23.5 Å². The van der Waals surface area contributed by atoms with Gasteiger partial charge in [-0.1, -0.05) is 23.7 Å². The van der Waals surface area contributed by atoms with Crippen molar-refractivity contribution in [1.82, 2.24) is 19.9 Å². The Balaban J connectivity index is 1.41. The first-order valence-electron chi connectivity index (χ1n) is 10.9. The van der Waals surface area contributed by atoms with Crippen LogP contribution in [0.15, 0.2) is 41.6 Å². The third-order valence-corrected chi connectivity index (χ3v) is 7.39. The minimum atomic E-state index is -1.26. The molecule has 4 heterocycles. The molecule has 1 atom stereocenters. The maximum Gasteiger partial charge on any atom is 0.307 e. The van der Waals surface area contributed by atoms with E-state index in [0.29, 0.717) is 70.6 Å². The molecule has 9 nitrogen and oxygen atoms in total. The highest BCUT2D eigenvalue weighted by Crippen LogP contribution is 2.35. The molecule has 0 spiro atoms. The summed E-state index contributed by atoms with van der Waals surface area (Å²) < 4.78 is 27.0. The Morgan fingerprint density at radius 2 is 2.06 bits per heavy atom. The van der Waals surface area contributed by atoms with Crippen LogP contribution in [0.25, 0.3) is 5.57 Å². The van der Waals surface area contributed by atoms with Crippen LogP contribution < -0.4 is 10.2 Å². The zero-order chi connectivity index (χ0) is 24.5. The fraction of sp³-hybridized carbons (Fsp3) is 0.261. The van der Waals surface area contributed by atoms with Gasteiger partial charge in [-0.2, -0.15) is 4.98 Å². The lowest BCUT2D eigenvalue weighted by Crippen LogP contribution is -2.30. The summed E-state index contributed by atoms with van der Waals surface area (Å²) in [5.74, 6) is 0.186. The standard InChI is InChI=1S/C23H20ClFN6O3S/c24-15-11-26-21(27-12-15)13-3-6-31(7-4-13)23-29-18-5-8-35(34)20(18)22(30-23)28-16-2-1-14(9-19(32)33)17(25)10-16/h1-3,10-12H,4-9H2,(H,32,33)(H,28,29,30).